The van der Waals surface area contributed by atoms with Crippen LogP contribution in [0.1, 0.15) is 21.5 Å². The van der Waals surface area contributed by atoms with Gasteiger partial charge in [-0.15, -0.1) is 0 Å². The third-order valence-electron chi connectivity index (χ3n) is 3.42. The highest BCUT2D eigenvalue weighted by Gasteiger charge is 2.10. The predicted molar refractivity (Wildman–Crippen MR) is 90.6 cm³/mol. The van der Waals surface area contributed by atoms with Gasteiger partial charge in [0.05, 0.1) is 26.9 Å². The zero-order valence-electron chi connectivity index (χ0n) is 13.8. The molecule has 0 atom stereocenters. The average molecular weight is 312 g/mol. The fraction of sp³-hybridized carbons (Fsp3) is 0.211. The van der Waals surface area contributed by atoms with Crippen LogP contribution in [0.15, 0.2) is 42.5 Å². The molecular formula is C19H20O4. The Hall–Kier alpha value is -2.75. The van der Waals surface area contributed by atoms with Crippen molar-refractivity contribution in [2.24, 2.45) is 0 Å². The molecular weight excluding hydrogens is 292 g/mol. The van der Waals surface area contributed by atoms with Crippen LogP contribution in [0.4, 0.5) is 0 Å². The van der Waals surface area contributed by atoms with Gasteiger partial charge in [-0.1, -0.05) is 17.7 Å². The molecule has 0 saturated heterocycles. The highest BCUT2D eigenvalue weighted by molar-refractivity contribution is 6.08. The van der Waals surface area contributed by atoms with Crippen LogP contribution in [0.2, 0.25) is 0 Å². The zero-order chi connectivity index (χ0) is 16.8. The number of methoxy groups -OCH3 is 3. The molecule has 0 saturated carbocycles. The first-order valence-corrected chi connectivity index (χ1v) is 7.17. The number of hydrogen-bond acceptors (Lipinski definition) is 4. The lowest BCUT2D eigenvalue weighted by Gasteiger charge is -2.07. The molecule has 0 aliphatic heterocycles. The lowest BCUT2D eigenvalue weighted by molar-refractivity contribution is 0.104. The Morgan fingerprint density at radius 1 is 0.913 bits per heavy atom. The van der Waals surface area contributed by atoms with E-state index in [2.05, 4.69) is 0 Å². The van der Waals surface area contributed by atoms with Crippen molar-refractivity contribution in [3.05, 3.63) is 59.2 Å². The molecule has 4 nitrogen and oxygen atoms in total. The maximum absolute atomic E-state index is 12.4. The first-order valence-electron chi connectivity index (χ1n) is 7.17. The SMILES string of the molecule is COc1cc(/C=C/C(=O)c2cc(C)ccc2OC)cc(OC)c1. The molecule has 120 valence electrons. The normalized spacial score (nSPS) is 10.6. The van der Waals surface area contributed by atoms with E-state index in [1.807, 2.05) is 31.2 Å². The average Bonchev–Trinajstić information content (AvgIpc) is 2.59. The van der Waals surface area contributed by atoms with Gasteiger partial charge in [0, 0.05) is 6.07 Å². The van der Waals surface area contributed by atoms with Gasteiger partial charge in [0.1, 0.15) is 17.2 Å². The molecule has 0 aliphatic rings. The van der Waals surface area contributed by atoms with E-state index < -0.39 is 0 Å². The molecule has 23 heavy (non-hydrogen) atoms. The second-order valence-corrected chi connectivity index (χ2v) is 5.05. The molecule has 0 heterocycles. The van der Waals surface area contributed by atoms with Crippen molar-refractivity contribution in [2.45, 2.75) is 6.92 Å². The molecule has 0 N–H and O–H groups in total. The fourth-order valence-electron chi connectivity index (χ4n) is 2.20. The van der Waals surface area contributed by atoms with E-state index in [0.717, 1.165) is 11.1 Å². The Balaban J connectivity index is 2.30. The number of rotatable bonds is 6. The quantitative estimate of drug-likeness (QED) is 0.599. The molecule has 0 spiro atoms. The largest absolute Gasteiger partial charge is 0.497 e. The van der Waals surface area contributed by atoms with Crippen LogP contribution in [0, 0.1) is 6.92 Å². The van der Waals surface area contributed by atoms with Crippen LogP contribution in [0.5, 0.6) is 17.2 Å². The Morgan fingerprint density at radius 3 is 2.13 bits per heavy atom. The van der Waals surface area contributed by atoms with Crippen LogP contribution < -0.4 is 14.2 Å². The minimum absolute atomic E-state index is 0.118. The minimum Gasteiger partial charge on any atom is -0.497 e. The smallest absolute Gasteiger partial charge is 0.189 e. The highest BCUT2D eigenvalue weighted by atomic mass is 16.5. The van der Waals surface area contributed by atoms with Gasteiger partial charge in [0.25, 0.3) is 0 Å². The summed E-state index contributed by atoms with van der Waals surface area (Å²) in [5.74, 6) is 1.79. The predicted octanol–water partition coefficient (Wildman–Crippen LogP) is 3.92. The molecule has 0 amide bonds. The molecule has 0 unspecified atom stereocenters. The minimum atomic E-state index is -0.118. The molecule has 0 aromatic heterocycles. The second kappa shape index (κ2) is 7.49. The lowest BCUT2D eigenvalue weighted by atomic mass is 10.1. The summed E-state index contributed by atoms with van der Waals surface area (Å²) < 4.78 is 15.7. The van der Waals surface area contributed by atoms with Gasteiger partial charge in [-0.3, -0.25) is 4.79 Å². The molecule has 2 rings (SSSR count). The topological polar surface area (TPSA) is 44.8 Å². The van der Waals surface area contributed by atoms with E-state index in [1.54, 1.807) is 39.5 Å². The van der Waals surface area contributed by atoms with Crippen LogP contribution in [0.25, 0.3) is 6.08 Å². The van der Waals surface area contributed by atoms with E-state index in [-0.39, 0.29) is 5.78 Å². The number of benzene rings is 2. The van der Waals surface area contributed by atoms with Crippen molar-refractivity contribution < 1.29 is 19.0 Å². The van der Waals surface area contributed by atoms with Crippen molar-refractivity contribution in [2.75, 3.05) is 21.3 Å². The summed E-state index contributed by atoms with van der Waals surface area (Å²) in [6, 6.07) is 11.0. The van der Waals surface area contributed by atoms with Crippen LogP contribution in [-0.4, -0.2) is 27.1 Å². The monoisotopic (exact) mass is 312 g/mol. The molecule has 0 bridgehead atoms. The molecule has 2 aromatic carbocycles. The lowest BCUT2D eigenvalue weighted by Crippen LogP contribution is -1.99. The molecule has 0 fully saturated rings. The molecule has 2 aromatic rings. The first-order chi connectivity index (χ1) is 11.1. The van der Waals surface area contributed by atoms with Gasteiger partial charge in [-0.25, -0.2) is 0 Å². The van der Waals surface area contributed by atoms with E-state index in [0.29, 0.717) is 22.8 Å². The van der Waals surface area contributed by atoms with E-state index in [9.17, 15) is 4.79 Å². The summed E-state index contributed by atoms with van der Waals surface area (Å²) >= 11 is 0. The van der Waals surface area contributed by atoms with Crippen LogP contribution in [0.3, 0.4) is 0 Å². The summed E-state index contributed by atoms with van der Waals surface area (Å²) in [7, 11) is 4.73. The molecule has 4 heteroatoms. The maximum atomic E-state index is 12.4. The third-order valence-corrected chi connectivity index (χ3v) is 3.42. The van der Waals surface area contributed by atoms with Crippen molar-refractivity contribution in [1.29, 1.82) is 0 Å². The standard InChI is InChI=1S/C19H20O4/c1-13-5-8-19(23-4)17(9-13)18(20)7-6-14-10-15(21-2)12-16(11-14)22-3/h5-12H,1-4H3/b7-6+. The van der Waals surface area contributed by atoms with E-state index in [4.69, 9.17) is 14.2 Å². The van der Waals surface area contributed by atoms with Crippen molar-refractivity contribution in [3.63, 3.8) is 0 Å². The van der Waals surface area contributed by atoms with Gasteiger partial charge >= 0.3 is 0 Å². The summed E-state index contributed by atoms with van der Waals surface area (Å²) in [5.41, 5.74) is 2.37. The summed E-state index contributed by atoms with van der Waals surface area (Å²) in [6.07, 6.45) is 3.25. The summed E-state index contributed by atoms with van der Waals surface area (Å²) in [5, 5.41) is 0. The summed E-state index contributed by atoms with van der Waals surface area (Å²) in [4.78, 5) is 12.4. The van der Waals surface area contributed by atoms with E-state index in [1.165, 1.54) is 6.08 Å². The van der Waals surface area contributed by atoms with Gasteiger partial charge in [-0.05, 0) is 42.8 Å². The Morgan fingerprint density at radius 2 is 1.57 bits per heavy atom. The molecule has 0 aliphatic carbocycles. The van der Waals surface area contributed by atoms with E-state index >= 15 is 0 Å². The van der Waals surface area contributed by atoms with Crippen LogP contribution >= 0.6 is 0 Å². The third kappa shape index (κ3) is 4.13. The first kappa shape index (κ1) is 16.6. The van der Waals surface area contributed by atoms with Crippen molar-refractivity contribution >= 4 is 11.9 Å². The maximum Gasteiger partial charge on any atom is 0.189 e. The zero-order valence-corrected chi connectivity index (χ0v) is 13.8. The molecule has 0 radical (unpaired) electrons. The van der Waals surface area contributed by atoms with Crippen LogP contribution in [-0.2, 0) is 0 Å². The Bertz CT molecular complexity index is 710. The number of aryl methyl sites for hydroxylation is 1. The van der Waals surface area contributed by atoms with Crippen molar-refractivity contribution in [3.8, 4) is 17.2 Å². The number of ether oxygens (including phenoxy) is 3. The van der Waals surface area contributed by atoms with Gasteiger partial charge in [-0.2, -0.15) is 0 Å². The number of carbonyl (C=O) groups excluding carboxylic acids is 1. The Kier molecular flexibility index (Phi) is 5.41. The number of ketones is 1. The summed E-state index contributed by atoms with van der Waals surface area (Å²) in [6.45, 7) is 1.94. The van der Waals surface area contributed by atoms with Crippen molar-refractivity contribution in [1.82, 2.24) is 0 Å². The number of carbonyl (C=O) groups is 1. The Labute approximate surface area is 136 Å². The van der Waals surface area contributed by atoms with Gasteiger partial charge in [0.15, 0.2) is 5.78 Å². The second-order valence-electron chi connectivity index (χ2n) is 5.05. The van der Waals surface area contributed by atoms with Gasteiger partial charge in [0.2, 0.25) is 0 Å². The fourth-order valence-corrected chi connectivity index (χ4v) is 2.20. The number of hydrogen-bond donors (Lipinski definition) is 0. The number of allylic oxidation sites excluding steroid dienone is 1. The van der Waals surface area contributed by atoms with Gasteiger partial charge < -0.3 is 14.2 Å². The highest BCUT2D eigenvalue weighted by Crippen LogP contribution is 2.24.